The fourth-order valence-electron chi connectivity index (χ4n) is 2.53. The molecule has 0 aromatic heterocycles. The molecule has 1 nitrogen and oxygen atoms in total. The highest BCUT2D eigenvalue weighted by Crippen LogP contribution is 2.22. The van der Waals surface area contributed by atoms with Gasteiger partial charge >= 0.3 is 0 Å². The van der Waals surface area contributed by atoms with E-state index in [1.165, 1.54) is 25.7 Å². The molecule has 0 N–H and O–H groups in total. The second kappa shape index (κ2) is 4.18. The molecular formula is C12H18BN. The van der Waals surface area contributed by atoms with Crippen LogP contribution in [0.3, 0.4) is 0 Å². The third-order valence-corrected chi connectivity index (χ3v) is 3.36. The van der Waals surface area contributed by atoms with Crippen LogP contribution in [-0.4, -0.2) is 24.7 Å². The van der Waals surface area contributed by atoms with E-state index in [4.69, 9.17) is 0 Å². The molecule has 0 fully saturated rings. The molecule has 2 rings (SSSR count). The molecule has 1 aromatic rings. The molecule has 0 amide bonds. The molecule has 2 heteroatoms. The van der Waals surface area contributed by atoms with Gasteiger partial charge in [-0.1, -0.05) is 49.2 Å². The molecule has 0 atom stereocenters. The highest BCUT2D eigenvalue weighted by molar-refractivity contribution is 6.56. The summed E-state index contributed by atoms with van der Waals surface area (Å²) in [5.41, 5.74) is 3.12. The highest BCUT2D eigenvalue weighted by atomic mass is 15.0. The van der Waals surface area contributed by atoms with Crippen molar-refractivity contribution in [2.24, 2.45) is 0 Å². The minimum atomic E-state index is 0.752. The van der Waals surface area contributed by atoms with Crippen LogP contribution >= 0.6 is 0 Å². The number of fused-ring (bicyclic) bond motifs is 1. The monoisotopic (exact) mass is 187 g/mol. The Labute approximate surface area is 87.2 Å². The first-order valence-electron chi connectivity index (χ1n) is 5.66. The van der Waals surface area contributed by atoms with Crippen LogP contribution in [0.25, 0.3) is 0 Å². The van der Waals surface area contributed by atoms with Crippen LogP contribution in [0.15, 0.2) is 24.3 Å². The van der Waals surface area contributed by atoms with Gasteiger partial charge in [0.1, 0.15) is 0 Å². The van der Waals surface area contributed by atoms with Crippen LogP contribution in [0.4, 0.5) is 0 Å². The molecule has 0 radical (unpaired) electrons. The second-order valence-corrected chi connectivity index (χ2v) is 4.05. The van der Waals surface area contributed by atoms with Crippen LogP contribution < -0.4 is 0 Å². The molecule has 0 saturated heterocycles. The van der Waals surface area contributed by atoms with E-state index in [0.29, 0.717) is 0 Å². The average Bonchev–Trinajstić information content (AvgIpc) is 2.63. The lowest BCUT2D eigenvalue weighted by Gasteiger charge is -2.22. The van der Waals surface area contributed by atoms with Crippen LogP contribution in [-0.2, 0) is 12.6 Å². The van der Waals surface area contributed by atoms with E-state index in [-0.39, 0.29) is 0 Å². The lowest BCUT2D eigenvalue weighted by molar-refractivity contribution is 0.477. The number of hydrogen-bond donors (Lipinski definition) is 0. The Morgan fingerprint density at radius 1 is 1.07 bits per heavy atom. The summed E-state index contributed by atoms with van der Waals surface area (Å²) in [5, 5.41) is 0. The average molecular weight is 187 g/mol. The summed E-state index contributed by atoms with van der Waals surface area (Å²) in [6.45, 7) is 7.62. The first kappa shape index (κ1) is 9.79. The standard InChI is InChI=1S/C12H18BN/c1-3-14(4-2)13-9-11-7-5-6-8-12(11)10-13/h5-8H,3-4,9-10H2,1-2H3. The van der Waals surface area contributed by atoms with Crippen molar-refractivity contribution in [1.82, 2.24) is 4.81 Å². The van der Waals surface area contributed by atoms with E-state index in [1.54, 1.807) is 11.1 Å². The first-order valence-corrected chi connectivity index (χ1v) is 5.66. The maximum Gasteiger partial charge on any atom is 0.232 e. The molecule has 0 saturated carbocycles. The lowest BCUT2D eigenvalue weighted by Crippen LogP contribution is -2.40. The zero-order valence-corrected chi connectivity index (χ0v) is 9.16. The molecule has 0 unspecified atom stereocenters. The van der Waals surface area contributed by atoms with Crippen molar-refractivity contribution in [3.05, 3.63) is 35.4 Å². The maximum atomic E-state index is 2.57. The van der Waals surface area contributed by atoms with E-state index >= 15 is 0 Å². The summed E-state index contributed by atoms with van der Waals surface area (Å²) >= 11 is 0. The van der Waals surface area contributed by atoms with Crippen molar-refractivity contribution in [2.75, 3.05) is 13.1 Å². The van der Waals surface area contributed by atoms with Crippen molar-refractivity contribution in [3.8, 4) is 0 Å². The summed E-state index contributed by atoms with van der Waals surface area (Å²) in [6.07, 6.45) is 2.50. The first-order chi connectivity index (χ1) is 6.85. The van der Waals surface area contributed by atoms with E-state index in [9.17, 15) is 0 Å². The number of rotatable bonds is 3. The Hall–Kier alpha value is -0.755. The smallest absolute Gasteiger partial charge is 0.232 e. The topological polar surface area (TPSA) is 3.24 Å². The molecule has 1 aromatic carbocycles. The quantitative estimate of drug-likeness (QED) is 0.655. The van der Waals surface area contributed by atoms with Gasteiger partial charge in [0, 0.05) is 0 Å². The third-order valence-electron chi connectivity index (χ3n) is 3.36. The largest absolute Gasteiger partial charge is 0.342 e. The van der Waals surface area contributed by atoms with Crippen molar-refractivity contribution >= 4 is 6.85 Å². The van der Waals surface area contributed by atoms with Crippen molar-refractivity contribution in [1.29, 1.82) is 0 Å². The van der Waals surface area contributed by atoms with Gasteiger partial charge in [-0.25, -0.2) is 0 Å². The Bertz CT molecular complexity index is 282. The van der Waals surface area contributed by atoms with Crippen molar-refractivity contribution in [2.45, 2.75) is 26.5 Å². The predicted octanol–water partition coefficient (Wildman–Crippen LogP) is 2.20. The second-order valence-electron chi connectivity index (χ2n) is 4.05. The van der Waals surface area contributed by atoms with Gasteiger partial charge in [-0.3, -0.25) is 0 Å². The Balaban J connectivity index is 2.11. The molecule has 1 heterocycles. The van der Waals surface area contributed by atoms with Gasteiger partial charge in [0.05, 0.1) is 0 Å². The molecule has 74 valence electrons. The van der Waals surface area contributed by atoms with E-state index < -0.39 is 0 Å². The number of hydrogen-bond acceptors (Lipinski definition) is 1. The van der Waals surface area contributed by atoms with Gasteiger partial charge in [-0.2, -0.15) is 0 Å². The van der Waals surface area contributed by atoms with Crippen molar-refractivity contribution in [3.63, 3.8) is 0 Å². The fraction of sp³-hybridized carbons (Fsp3) is 0.500. The zero-order valence-electron chi connectivity index (χ0n) is 9.16. The van der Waals surface area contributed by atoms with Gasteiger partial charge in [-0.15, -0.1) is 0 Å². The van der Waals surface area contributed by atoms with Gasteiger partial charge in [0.15, 0.2) is 0 Å². The van der Waals surface area contributed by atoms with Crippen molar-refractivity contribution < 1.29 is 0 Å². The van der Waals surface area contributed by atoms with Gasteiger partial charge in [-0.05, 0) is 25.7 Å². The molecule has 0 bridgehead atoms. The Kier molecular flexibility index (Phi) is 2.92. The summed E-state index contributed by atoms with van der Waals surface area (Å²) in [4.78, 5) is 2.57. The predicted molar refractivity (Wildman–Crippen MR) is 62.5 cm³/mol. The maximum absolute atomic E-state index is 2.57. The van der Waals surface area contributed by atoms with E-state index in [0.717, 1.165) is 6.85 Å². The van der Waals surface area contributed by atoms with E-state index in [1.807, 2.05) is 0 Å². The van der Waals surface area contributed by atoms with Gasteiger partial charge in [0.2, 0.25) is 6.85 Å². The number of benzene rings is 1. The summed E-state index contributed by atoms with van der Waals surface area (Å²) in [6, 6.07) is 8.87. The third kappa shape index (κ3) is 1.71. The zero-order chi connectivity index (χ0) is 9.97. The summed E-state index contributed by atoms with van der Waals surface area (Å²) in [7, 11) is 0. The minimum Gasteiger partial charge on any atom is -0.342 e. The van der Waals surface area contributed by atoms with Gasteiger partial charge in [0.25, 0.3) is 0 Å². The highest BCUT2D eigenvalue weighted by Gasteiger charge is 2.28. The fourth-order valence-corrected chi connectivity index (χ4v) is 2.53. The molecule has 1 aliphatic heterocycles. The molecule has 0 spiro atoms. The molecule has 14 heavy (non-hydrogen) atoms. The summed E-state index contributed by atoms with van der Waals surface area (Å²) < 4.78 is 0. The molecule has 1 aliphatic rings. The number of nitrogens with zero attached hydrogens (tertiary/aromatic N) is 1. The molecular weight excluding hydrogens is 169 g/mol. The summed E-state index contributed by atoms with van der Waals surface area (Å²) in [5.74, 6) is 0. The Morgan fingerprint density at radius 2 is 1.57 bits per heavy atom. The minimum absolute atomic E-state index is 0.752. The van der Waals surface area contributed by atoms with Crippen LogP contribution in [0.1, 0.15) is 25.0 Å². The SMILES string of the molecule is CCN(CC)B1Cc2ccccc2C1. The lowest BCUT2D eigenvalue weighted by atomic mass is 9.57. The van der Waals surface area contributed by atoms with Gasteiger partial charge < -0.3 is 4.81 Å². The molecule has 0 aliphatic carbocycles. The van der Waals surface area contributed by atoms with Crippen LogP contribution in [0, 0.1) is 0 Å². The van der Waals surface area contributed by atoms with E-state index in [2.05, 4.69) is 42.9 Å². The van der Waals surface area contributed by atoms with Crippen LogP contribution in [0.5, 0.6) is 0 Å². The van der Waals surface area contributed by atoms with Crippen LogP contribution in [0.2, 0.25) is 0 Å². The Morgan fingerprint density at radius 3 is 2.00 bits per heavy atom. The normalized spacial score (nSPS) is 14.9.